The molecule has 0 saturated heterocycles. The number of ether oxygens (including phenoxy) is 2. The summed E-state index contributed by atoms with van der Waals surface area (Å²) in [7, 11) is 4.99. The molecule has 6 nitrogen and oxygen atoms in total. The Morgan fingerprint density at radius 1 is 1.11 bits per heavy atom. The number of hydrogen-bond acceptors (Lipinski definition) is 4. The molecule has 0 aliphatic carbocycles. The fourth-order valence-electron chi connectivity index (χ4n) is 2.75. The van der Waals surface area contributed by atoms with E-state index in [9.17, 15) is 4.79 Å². The minimum absolute atomic E-state index is 0.313. The Bertz CT molecular complexity index is 1010. The van der Waals surface area contributed by atoms with Crippen molar-refractivity contribution >= 4 is 23.7 Å². The molecule has 0 saturated carbocycles. The van der Waals surface area contributed by atoms with Crippen LogP contribution >= 0.6 is 11.6 Å². The van der Waals surface area contributed by atoms with E-state index in [0.717, 1.165) is 22.4 Å². The summed E-state index contributed by atoms with van der Waals surface area (Å²) in [6, 6.07) is 14.5. The van der Waals surface area contributed by atoms with E-state index in [4.69, 9.17) is 21.1 Å². The largest absolute Gasteiger partial charge is 0.497 e. The maximum atomic E-state index is 12.5. The van der Waals surface area contributed by atoms with Crippen molar-refractivity contribution in [1.29, 1.82) is 0 Å². The summed E-state index contributed by atoms with van der Waals surface area (Å²) in [5, 5.41) is 4.61. The van der Waals surface area contributed by atoms with Crippen molar-refractivity contribution in [3.8, 4) is 22.6 Å². The van der Waals surface area contributed by atoms with Gasteiger partial charge in [-0.3, -0.25) is 4.79 Å². The van der Waals surface area contributed by atoms with Crippen molar-refractivity contribution in [1.82, 2.24) is 9.99 Å². The van der Waals surface area contributed by atoms with Crippen LogP contribution < -0.4 is 14.9 Å². The molecule has 1 heterocycles. The highest BCUT2D eigenvalue weighted by Crippen LogP contribution is 2.33. The third-order valence-corrected chi connectivity index (χ3v) is 4.44. The van der Waals surface area contributed by atoms with E-state index in [-0.39, 0.29) is 5.91 Å². The molecular weight excluding hydrogens is 378 g/mol. The molecule has 0 spiro atoms. The highest BCUT2D eigenvalue weighted by molar-refractivity contribution is 6.30. The highest BCUT2D eigenvalue weighted by atomic mass is 35.5. The summed E-state index contributed by atoms with van der Waals surface area (Å²) in [6.45, 7) is 0. The highest BCUT2D eigenvalue weighted by Gasteiger charge is 2.15. The fourth-order valence-corrected chi connectivity index (χ4v) is 2.92. The Morgan fingerprint density at radius 2 is 1.86 bits per heavy atom. The maximum Gasteiger partial charge on any atom is 0.287 e. The Hall–Kier alpha value is -3.25. The van der Waals surface area contributed by atoms with Crippen molar-refractivity contribution in [2.24, 2.45) is 12.1 Å². The average Bonchev–Trinajstić information content (AvgIpc) is 3.09. The van der Waals surface area contributed by atoms with Gasteiger partial charge in [0.15, 0.2) is 0 Å². The number of rotatable bonds is 6. The second-order valence-electron chi connectivity index (χ2n) is 6.04. The van der Waals surface area contributed by atoms with Gasteiger partial charge in [-0.2, -0.15) is 5.10 Å². The Balaban J connectivity index is 1.75. The van der Waals surface area contributed by atoms with Crippen LogP contribution in [-0.2, 0) is 7.05 Å². The quantitative estimate of drug-likeness (QED) is 0.502. The number of halogens is 1. The van der Waals surface area contributed by atoms with E-state index in [0.29, 0.717) is 16.5 Å². The van der Waals surface area contributed by atoms with Crippen molar-refractivity contribution in [2.45, 2.75) is 0 Å². The zero-order chi connectivity index (χ0) is 20.1. The van der Waals surface area contributed by atoms with Gasteiger partial charge >= 0.3 is 0 Å². The molecule has 2 aromatic carbocycles. The lowest BCUT2D eigenvalue weighted by Gasteiger charge is -2.06. The lowest BCUT2D eigenvalue weighted by atomic mass is 10.1. The molecule has 0 unspecified atom stereocenters. The molecule has 1 aromatic heterocycles. The third-order valence-electron chi connectivity index (χ3n) is 4.21. The Labute approximate surface area is 168 Å². The predicted octanol–water partition coefficient (Wildman–Crippen LogP) is 4.13. The van der Waals surface area contributed by atoms with Gasteiger partial charge in [0.2, 0.25) is 0 Å². The van der Waals surface area contributed by atoms with Gasteiger partial charge in [0, 0.05) is 29.4 Å². The fraction of sp³-hybridized carbons (Fsp3) is 0.143. The standard InChI is InChI=1S/C21H20ClN3O3/c1-25-13-15(18-9-6-16(22)11-20(18)28-3)10-19(25)21(26)24-23-12-14-4-7-17(27-2)8-5-14/h4-13H,1-3H3,(H,24,26)/b23-12+. The van der Waals surface area contributed by atoms with Crippen LogP contribution in [0.25, 0.3) is 11.1 Å². The normalized spacial score (nSPS) is 10.9. The van der Waals surface area contributed by atoms with Gasteiger partial charge in [-0.05, 0) is 54.1 Å². The molecule has 0 aliphatic rings. The van der Waals surface area contributed by atoms with Crippen molar-refractivity contribution < 1.29 is 14.3 Å². The summed E-state index contributed by atoms with van der Waals surface area (Å²) >= 11 is 6.02. The van der Waals surface area contributed by atoms with Crippen LogP contribution in [0.15, 0.2) is 59.8 Å². The number of aryl methyl sites for hydroxylation is 1. The molecule has 0 bridgehead atoms. The van der Waals surface area contributed by atoms with Crippen molar-refractivity contribution in [3.05, 3.63) is 71.0 Å². The van der Waals surface area contributed by atoms with E-state index < -0.39 is 0 Å². The molecule has 0 radical (unpaired) electrons. The number of carbonyl (C=O) groups is 1. The molecular formula is C21H20ClN3O3. The number of methoxy groups -OCH3 is 2. The van der Waals surface area contributed by atoms with Gasteiger partial charge < -0.3 is 14.0 Å². The van der Waals surface area contributed by atoms with E-state index in [1.165, 1.54) is 0 Å². The third kappa shape index (κ3) is 4.35. The number of benzene rings is 2. The minimum atomic E-state index is -0.313. The maximum absolute atomic E-state index is 12.5. The first-order valence-corrected chi connectivity index (χ1v) is 8.87. The number of hydrazone groups is 1. The summed E-state index contributed by atoms with van der Waals surface area (Å²) < 4.78 is 12.2. The summed E-state index contributed by atoms with van der Waals surface area (Å²) in [5.41, 5.74) is 5.56. The summed E-state index contributed by atoms with van der Waals surface area (Å²) in [4.78, 5) is 12.5. The first-order chi connectivity index (χ1) is 13.5. The van der Waals surface area contributed by atoms with Crippen LogP contribution in [0, 0.1) is 0 Å². The SMILES string of the molecule is COc1ccc(/C=N/NC(=O)c2cc(-c3ccc(Cl)cc3OC)cn2C)cc1. The molecule has 144 valence electrons. The summed E-state index contributed by atoms with van der Waals surface area (Å²) in [6.07, 6.45) is 3.43. The Morgan fingerprint density at radius 3 is 2.54 bits per heavy atom. The topological polar surface area (TPSA) is 64.8 Å². The van der Waals surface area contributed by atoms with Crippen LogP contribution in [0.1, 0.15) is 16.1 Å². The second-order valence-corrected chi connectivity index (χ2v) is 6.48. The van der Waals surface area contributed by atoms with Crippen LogP contribution in [0.4, 0.5) is 0 Å². The van der Waals surface area contributed by atoms with E-state index in [1.807, 2.05) is 36.5 Å². The number of aromatic nitrogens is 1. The van der Waals surface area contributed by atoms with Gasteiger partial charge in [0.1, 0.15) is 17.2 Å². The monoisotopic (exact) mass is 397 g/mol. The average molecular weight is 398 g/mol. The molecule has 1 amide bonds. The van der Waals surface area contributed by atoms with Gasteiger partial charge in [0.25, 0.3) is 5.91 Å². The van der Waals surface area contributed by atoms with Crippen molar-refractivity contribution in [2.75, 3.05) is 14.2 Å². The smallest absolute Gasteiger partial charge is 0.287 e. The molecule has 28 heavy (non-hydrogen) atoms. The minimum Gasteiger partial charge on any atom is -0.497 e. The van der Waals surface area contributed by atoms with Gasteiger partial charge in [0.05, 0.1) is 20.4 Å². The molecule has 1 N–H and O–H groups in total. The molecule has 7 heteroatoms. The van der Waals surface area contributed by atoms with Crippen LogP contribution in [0.3, 0.4) is 0 Å². The number of carbonyl (C=O) groups excluding carboxylic acids is 1. The van der Waals surface area contributed by atoms with E-state index in [1.54, 1.807) is 50.2 Å². The number of nitrogens with zero attached hydrogens (tertiary/aromatic N) is 2. The van der Waals surface area contributed by atoms with Gasteiger partial charge in [-0.1, -0.05) is 11.6 Å². The second kappa shape index (κ2) is 8.63. The van der Waals surface area contributed by atoms with E-state index >= 15 is 0 Å². The van der Waals surface area contributed by atoms with Crippen molar-refractivity contribution in [3.63, 3.8) is 0 Å². The van der Waals surface area contributed by atoms with Crippen LogP contribution in [0.2, 0.25) is 5.02 Å². The zero-order valence-corrected chi connectivity index (χ0v) is 16.5. The molecule has 3 rings (SSSR count). The molecule has 0 aliphatic heterocycles. The first-order valence-electron chi connectivity index (χ1n) is 8.49. The lowest BCUT2D eigenvalue weighted by molar-refractivity contribution is 0.0947. The molecule has 0 atom stereocenters. The van der Waals surface area contributed by atoms with Gasteiger partial charge in [-0.15, -0.1) is 0 Å². The van der Waals surface area contributed by atoms with E-state index in [2.05, 4.69) is 10.5 Å². The number of amides is 1. The molecule has 0 fully saturated rings. The Kier molecular flexibility index (Phi) is 6.01. The van der Waals surface area contributed by atoms with Gasteiger partial charge in [-0.25, -0.2) is 5.43 Å². The number of nitrogens with one attached hydrogen (secondary N) is 1. The van der Waals surface area contributed by atoms with Crippen LogP contribution in [0.5, 0.6) is 11.5 Å². The van der Waals surface area contributed by atoms with Crippen LogP contribution in [-0.4, -0.2) is 30.9 Å². The lowest BCUT2D eigenvalue weighted by Crippen LogP contribution is -2.20. The number of hydrogen-bond donors (Lipinski definition) is 1. The predicted molar refractivity (Wildman–Crippen MR) is 110 cm³/mol. The summed E-state index contributed by atoms with van der Waals surface area (Å²) in [5.74, 6) is 1.09. The first kappa shape index (κ1) is 19.5. The molecule has 3 aromatic rings. The zero-order valence-electron chi connectivity index (χ0n) is 15.8.